The lowest BCUT2D eigenvalue weighted by atomic mass is 9.94. The fourth-order valence-electron chi connectivity index (χ4n) is 2.97. The van der Waals surface area contributed by atoms with E-state index in [0.29, 0.717) is 30.7 Å². The lowest BCUT2D eigenvalue weighted by Gasteiger charge is -2.18. The molecule has 0 bridgehead atoms. The summed E-state index contributed by atoms with van der Waals surface area (Å²) in [6.07, 6.45) is 5.49. The minimum absolute atomic E-state index is 0.0758. The number of alkyl halides is 2. The van der Waals surface area contributed by atoms with Gasteiger partial charge in [-0.25, -0.2) is 8.78 Å². The van der Waals surface area contributed by atoms with Gasteiger partial charge in [-0.05, 0) is 24.3 Å². The summed E-state index contributed by atoms with van der Waals surface area (Å²) >= 11 is 0. The third kappa shape index (κ3) is 6.80. The van der Waals surface area contributed by atoms with Crippen LogP contribution in [0.4, 0.5) is 8.78 Å². The van der Waals surface area contributed by atoms with Crippen molar-refractivity contribution in [2.24, 2.45) is 5.92 Å². The van der Waals surface area contributed by atoms with E-state index < -0.39 is 5.92 Å². The number of aryl methyl sites for hydroxylation is 1. The van der Waals surface area contributed by atoms with Gasteiger partial charge >= 0.3 is 0 Å². The molecule has 0 amide bonds. The summed E-state index contributed by atoms with van der Waals surface area (Å²) in [5.41, 5.74) is 0.680. The van der Waals surface area contributed by atoms with Crippen molar-refractivity contribution in [3.05, 3.63) is 35.4 Å². The molecule has 0 heterocycles. The Bertz CT molecular complexity index is 482. The molecule has 0 aliphatic carbocycles. The van der Waals surface area contributed by atoms with E-state index in [2.05, 4.69) is 13.8 Å². The molecule has 3 heteroatoms. The highest BCUT2D eigenvalue weighted by Gasteiger charge is 2.31. The third-order valence-electron chi connectivity index (χ3n) is 4.46. The molecule has 1 rings (SSSR count). The van der Waals surface area contributed by atoms with Crippen molar-refractivity contribution < 1.29 is 13.6 Å². The summed E-state index contributed by atoms with van der Waals surface area (Å²) in [5, 5.41) is 0. The van der Waals surface area contributed by atoms with E-state index in [1.165, 1.54) is 25.8 Å². The largest absolute Gasteiger partial charge is 0.300 e. The van der Waals surface area contributed by atoms with Crippen LogP contribution in [0.25, 0.3) is 0 Å². The quantitative estimate of drug-likeness (QED) is 0.467. The second kappa shape index (κ2) is 9.79. The van der Waals surface area contributed by atoms with Crippen molar-refractivity contribution in [1.82, 2.24) is 0 Å². The fraction of sp³-hybridized carbons (Fsp3) is 0.650. The van der Waals surface area contributed by atoms with Crippen molar-refractivity contribution in [2.45, 2.75) is 78.1 Å². The summed E-state index contributed by atoms with van der Waals surface area (Å²) in [7, 11) is 0. The molecule has 0 aliphatic rings. The summed E-state index contributed by atoms with van der Waals surface area (Å²) in [5.74, 6) is -1.96. The topological polar surface area (TPSA) is 17.1 Å². The highest BCUT2D eigenvalue weighted by molar-refractivity contribution is 5.78. The molecule has 1 aromatic carbocycles. The first-order valence-corrected chi connectivity index (χ1v) is 8.88. The predicted octanol–water partition coefficient (Wildman–Crippen LogP) is 6.30. The monoisotopic (exact) mass is 324 g/mol. The van der Waals surface area contributed by atoms with E-state index in [9.17, 15) is 13.6 Å². The van der Waals surface area contributed by atoms with E-state index in [1.54, 1.807) is 18.2 Å². The van der Waals surface area contributed by atoms with Gasteiger partial charge in [0, 0.05) is 24.8 Å². The third-order valence-corrected chi connectivity index (χ3v) is 4.46. The Hall–Kier alpha value is -1.25. The van der Waals surface area contributed by atoms with E-state index in [0.717, 1.165) is 12.8 Å². The number of benzene rings is 1. The Balaban J connectivity index is 2.48. The number of carbonyl (C=O) groups excluding carboxylic acids is 1. The molecule has 0 aliphatic heterocycles. The van der Waals surface area contributed by atoms with Crippen LogP contribution in [-0.4, -0.2) is 5.78 Å². The molecule has 0 fully saturated rings. The predicted molar refractivity (Wildman–Crippen MR) is 91.9 cm³/mol. The van der Waals surface area contributed by atoms with Gasteiger partial charge in [0.2, 0.25) is 0 Å². The number of ketones is 1. The number of rotatable bonds is 11. The zero-order valence-electron chi connectivity index (χ0n) is 14.7. The molecular formula is C20H30F2O. The molecule has 23 heavy (non-hydrogen) atoms. The number of Topliss-reactive ketones (excluding diaryl/α,β-unsaturated/α-hetero) is 1. The van der Waals surface area contributed by atoms with E-state index in [1.807, 2.05) is 0 Å². The van der Waals surface area contributed by atoms with E-state index >= 15 is 0 Å². The highest BCUT2D eigenvalue weighted by Crippen LogP contribution is 2.34. The van der Waals surface area contributed by atoms with Crippen LogP contribution in [0.15, 0.2) is 24.3 Å². The van der Waals surface area contributed by atoms with Gasteiger partial charge in [-0.15, -0.1) is 0 Å². The van der Waals surface area contributed by atoms with Crippen molar-refractivity contribution in [3.63, 3.8) is 0 Å². The molecule has 0 radical (unpaired) electrons. The maximum atomic E-state index is 13.9. The van der Waals surface area contributed by atoms with Crippen molar-refractivity contribution >= 4 is 5.78 Å². The normalized spacial score (nSPS) is 13.1. The summed E-state index contributed by atoms with van der Waals surface area (Å²) in [6.45, 7) is 5.88. The van der Waals surface area contributed by atoms with Crippen LogP contribution >= 0.6 is 0 Å². The van der Waals surface area contributed by atoms with Gasteiger partial charge in [-0.2, -0.15) is 0 Å². The minimum atomic E-state index is -2.81. The van der Waals surface area contributed by atoms with Gasteiger partial charge < -0.3 is 0 Å². The Kier molecular flexibility index (Phi) is 8.43. The smallest absolute Gasteiger partial charge is 0.273 e. The number of hydrogen-bond donors (Lipinski definition) is 0. The first-order chi connectivity index (χ1) is 10.9. The van der Waals surface area contributed by atoms with Gasteiger partial charge in [-0.1, -0.05) is 64.3 Å². The molecule has 0 saturated carbocycles. The molecule has 130 valence electrons. The Morgan fingerprint density at radius 1 is 1.13 bits per heavy atom. The lowest BCUT2D eigenvalue weighted by molar-refractivity contribution is -0.119. The van der Waals surface area contributed by atoms with Crippen molar-refractivity contribution in [1.29, 1.82) is 0 Å². The highest BCUT2D eigenvalue weighted by atomic mass is 19.3. The summed E-state index contributed by atoms with van der Waals surface area (Å²) < 4.78 is 27.9. The summed E-state index contributed by atoms with van der Waals surface area (Å²) in [4.78, 5) is 12.0. The van der Waals surface area contributed by atoms with E-state index in [-0.39, 0.29) is 17.8 Å². The second-order valence-electron chi connectivity index (χ2n) is 6.54. The Morgan fingerprint density at radius 3 is 2.48 bits per heavy atom. The average molecular weight is 324 g/mol. The van der Waals surface area contributed by atoms with Gasteiger partial charge in [-0.3, -0.25) is 4.79 Å². The maximum absolute atomic E-state index is 13.9. The molecule has 0 saturated heterocycles. The van der Waals surface area contributed by atoms with Crippen LogP contribution < -0.4 is 0 Å². The molecule has 1 aromatic rings. The Morgan fingerprint density at radius 2 is 1.83 bits per heavy atom. The lowest BCUT2D eigenvalue weighted by Crippen LogP contribution is -2.15. The fourth-order valence-corrected chi connectivity index (χ4v) is 2.97. The van der Waals surface area contributed by atoms with Crippen molar-refractivity contribution in [3.8, 4) is 0 Å². The summed E-state index contributed by atoms with van der Waals surface area (Å²) in [6, 6.07) is 6.60. The van der Waals surface area contributed by atoms with Crippen LogP contribution in [-0.2, 0) is 17.1 Å². The standard InChI is InChI=1S/C20H30F2O/c1-4-9-16(3)10-8-12-18(23)15-14-17-11-6-7-13-19(17)20(21,22)5-2/h6-7,11,13,16H,4-5,8-10,12,14-15H2,1-3H3/t16-/m0/s1. The van der Waals surface area contributed by atoms with Crippen LogP contribution in [0, 0.1) is 5.92 Å². The van der Waals surface area contributed by atoms with Crippen molar-refractivity contribution in [2.75, 3.05) is 0 Å². The van der Waals surface area contributed by atoms with Crippen LogP contribution in [0.5, 0.6) is 0 Å². The first kappa shape index (κ1) is 19.8. The maximum Gasteiger partial charge on any atom is 0.273 e. The van der Waals surface area contributed by atoms with E-state index in [4.69, 9.17) is 0 Å². The zero-order chi connectivity index (χ0) is 17.3. The molecule has 0 N–H and O–H groups in total. The number of hydrogen-bond acceptors (Lipinski definition) is 1. The van der Waals surface area contributed by atoms with Gasteiger partial charge in [0.15, 0.2) is 0 Å². The SMILES string of the molecule is CCC[C@H](C)CCCC(=O)CCc1ccccc1C(F)(F)CC. The molecule has 0 spiro atoms. The zero-order valence-corrected chi connectivity index (χ0v) is 14.7. The Labute approximate surface area is 139 Å². The molecular weight excluding hydrogens is 294 g/mol. The van der Waals surface area contributed by atoms with Crippen LogP contribution in [0.1, 0.15) is 76.8 Å². The van der Waals surface area contributed by atoms with Gasteiger partial charge in [0.1, 0.15) is 5.78 Å². The second-order valence-corrected chi connectivity index (χ2v) is 6.54. The molecule has 1 nitrogen and oxygen atoms in total. The number of halogens is 2. The van der Waals surface area contributed by atoms with Crippen LogP contribution in [0.2, 0.25) is 0 Å². The molecule has 0 unspecified atom stereocenters. The van der Waals surface area contributed by atoms with Gasteiger partial charge in [0.25, 0.3) is 5.92 Å². The number of carbonyl (C=O) groups is 1. The van der Waals surface area contributed by atoms with Crippen LogP contribution in [0.3, 0.4) is 0 Å². The van der Waals surface area contributed by atoms with Gasteiger partial charge in [0.05, 0.1) is 0 Å². The average Bonchev–Trinajstić information content (AvgIpc) is 2.53. The molecule has 0 aromatic heterocycles. The first-order valence-electron chi connectivity index (χ1n) is 8.88. The molecule has 1 atom stereocenters. The minimum Gasteiger partial charge on any atom is -0.300 e.